The van der Waals surface area contributed by atoms with E-state index in [0.717, 1.165) is 11.4 Å². The molecule has 0 saturated carbocycles. The summed E-state index contributed by atoms with van der Waals surface area (Å²) in [4.78, 5) is 11.6. The molecule has 0 saturated heterocycles. The third-order valence-electron chi connectivity index (χ3n) is 2.76. The van der Waals surface area contributed by atoms with Crippen LogP contribution in [0.15, 0.2) is 30.5 Å². The number of fused-ring (bicyclic) bond motifs is 1. The lowest BCUT2D eigenvalue weighted by Gasteiger charge is -2.08. The Bertz CT molecular complexity index is 574. The number of hydrogen-bond donors (Lipinski definition) is 1. The average Bonchev–Trinajstić information content (AvgIpc) is 2.75. The molecule has 1 aromatic heterocycles. The maximum Gasteiger partial charge on any atom is 0.180 e. The molecule has 0 unspecified atom stereocenters. The number of nitrogens with one attached hydrogen (secondary N) is 1. The molecule has 0 amide bonds. The van der Waals surface area contributed by atoms with Crippen molar-refractivity contribution in [2.24, 2.45) is 0 Å². The summed E-state index contributed by atoms with van der Waals surface area (Å²) in [5.74, 6) is -0.247. The van der Waals surface area contributed by atoms with Gasteiger partial charge in [-0.05, 0) is 24.3 Å². The summed E-state index contributed by atoms with van der Waals surface area (Å²) in [6.07, 6.45) is 1.70. The van der Waals surface area contributed by atoms with Gasteiger partial charge in [0.2, 0.25) is 0 Å². The van der Waals surface area contributed by atoms with Crippen molar-refractivity contribution in [3.05, 3.63) is 47.5 Å². The number of carbonyl (C=O) groups excluding carboxylic acids is 1. The molecule has 1 N–H and O–H groups in total. The van der Waals surface area contributed by atoms with Crippen LogP contribution in [0.4, 0.5) is 4.39 Å². The lowest BCUT2D eigenvalue weighted by atomic mass is 10.1. The summed E-state index contributed by atoms with van der Waals surface area (Å²) < 4.78 is 14.4. The number of nitrogens with zero attached hydrogens (tertiary/aromatic N) is 2. The fourth-order valence-corrected chi connectivity index (χ4v) is 1.89. The maximum absolute atomic E-state index is 12.8. The Morgan fingerprint density at radius 1 is 1.24 bits per heavy atom. The highest BCUT2D eigenvalue weighted by molar-refractivity contribution is 5.99. The van der Waals surface area contributed by atoms with Crippen LogP contribution in [-0.2, 0) is 6.54 Å². The Labute approximate surface area is 97.1 Å². The van der Waals surface area contributed by atoms with Gasteiger partial charge in [-0.3, -0.25) is 4.79 Å². The van der Waals surface area contributed by atoms with Gasteiger partial charge in [-0.2, -0.15) is 5.10 Å². The van der Waals surface area contributed by atoms with Gasteiger partial charge in [0.05, 0.1) is 23.5 Å². The van der Waals surface area contributed by atoms with Gasteiger partial charge in [0.15, 0.2) is 5.78 Å². The smallest absolute Gasteiger partial charge is 0.180 e. The van der Waals surface area contributed by atoms with Crippen LogP contribution < -0.4 is 5.32 Å². The molecule has 2 heterocycles. The van der Waals surface area contributed by atoms with E-state index < -0.39 is 0 Å². The van der Waals surface area contributed by atoms with E-state index in [0.29, 0.717) is 18.7 Å². The minimum Gasteiger partial charge on any atom is -0.304 e. The quantitative estimate of drug-likeness (QED) is 0.804. The zero-order chi connectivity index (χ0) is 11.8. The molecule has 4 nitrogen and oxygen atoms in total. The topological polar surface area (TPSA) is 46.9 Å². The van der Waals surface area contributed by atoms with Crippen molar-refractivity contribution in [2.75, 3.05) is 6.54 Å². The van der Waals surface area contributed by atoms with Crippen molar-refractivity contribution in [2.45, 2.75) is 6.54 Å². The molecule has 0 aliphatic carbocycles. The first-order valence-electron chi connectivity index (χ1n) is 5.32. The van der Waals surface area contributed by atoms with Crippen molar-refractivity contribution in [3.8, 4) is 5.69 Å². The molecule has 1 aliphatic heterocycles. The van der Waals surface area contributed by atoms with Crippen LogP contribution in [0, 0.1) is 5.82 Å². The highest BCUT2D eigenvalue weighted by Crippen LogP contribution is 2.15. The molecule has 0 bridgehead atoms. The van der Waals surface area contributed by atoms with Crippen molar-refractivity contribution in [1.29, 1.82) is 0 Å². The molecule has 3 rings (SSSR count). The number of aromatic nitrogens is 2. The average molecular weight is 231 g/mol. The summed E-state index contributed by atoms with van der Waals surface area (Å²) in [5.41, 5.74) is 2.13. The Hall–Kier alpha value is -2.01. The van der Waals surface area contributed by atoms with Crippen LogP contribution >= 0.6 is 0 Å². The summed E-state index contributed by atoms with van der Waals surface area (Å²) in [6.45, 7) is 0.942. The Morgan fingerprint density at radius 2 is 2.00 bits per heavy atom. The second-order valence-corrected chi connectivity index (χ2v) is 3.94. The Morgan fingerprint density at radius 3 is 2.71 bits per heavy atom. The van der Waals surface area contributed by atoms with E-state index in [1.165, 1.54) is 12.1 Å². The second kappa shape index (κ2) is 3.78. The van der Waals surface area contributed by atoms with E-state index >= 15 is 0 Å². The van der Waals surface area contributed by atoms with E-state index in [2.05, 4.69) is 10.4 Å². The fraction of sp³-hybridized carbons (Fsp3) is 0.167. The molecule has 86 valence electrons. The molecule has 0 spiro atoms. The summed E-state index contributed by atoms with van der Waals surface area (Å²) in [5, 5.41) is 7.29. The van der Waals surface area contributed by atoms with Crippen LogP contribution in [-0.4, -0.2) is 22.1 Å². The molecule has 2 aromatic rings. The molecule has 0 atom stereocenters. The minimum absolute atomic E-state index is 0.0413. The van der Waals surface area contributed by atoms with Crippen molar-refractivity contribution in [3.63, 3.8) is 0 Å². The van der Waals surface area contributed by atoms with Gasteiger partial charge in [-0.15, -0.1) is 0 Å². The zero-order valence-corrected chi connectivity index (χ0v) is 8.98. The molecule has 1 aliphatic rings. The highest BCUT2D eigenvalue weighted by Gasteiger charge is 2.20. The molecule has 5 heteroatoms. The van der Waals surface area contributed by atoms with Crippen LogP contribution in [0.3, 0.4) is 0 Å². The molecular formula is C12H10FN3O. The normalized spacial score (nSPS) is 14.8. The standard InChI is InChI=1S/C12H10FN3O/c13-8-1-3-9(4-2-8)16-7-10-11(15-16)5-14-6-12(10)17/h1-4,7,14H,5-6H2. The van der Waals surface area contributed by atoms with Crippen LogP contribution in [0.25, 0.3) is 5.69 Å². The summed E-state index contributed by atoms with van der Waals surface area (Å²) >= 11 is 0. The molecule has 0 radical (unpaired) electrons. The molecule has 0 fully saturated rings. The zero-order valence-electron chi connectivity index (χ0n) is 8.98. The van der Waals surface area contributed by atoms with Crippen molar-refractivity contribution in [1.82, 2.24) is 15.1 Å². The van der Waals surface area contributed by atoms with Gasteiger partial charge in [0, 0.05) is 12.7 Å². The maximum atomic E-state index is 12.8. The van der Waals surface area contributed by atoms with Crippen LogP contribution in [0.5, 0.6) is 0 Å². The minimum atomic E-state index is -0.289. The van der Waals surface area contributed by atoms with Gasteiger partial charge in [0.1, 0.15) is 5.82 Å². The Kier molecular flexibility index (Phi) is 2.26. The van der Waals surface area contributed by atoms with Crippen molar-refractivity contribution >= 4 is 5.78 Å². The van der Waals surface area contributed by atoms with Gasteiger partial charge in [0.25, 0.3) is 0 Å². The largest absolute Gasteiger partial charge is 0.304 e. The SMILES string of the molecule is O=C1CNCc2nn(-c3ccc(F)cc3)cc21. The lowest BCUT2D eigenvalue weighted by molar-refractivity contribution is 0.0982. The summed E-state index contributed by atoms with van der Waals surface area (Å²) in [7, 11) is 0. The third kappa shape index (κ3) is 1.74. The first kappa shape index (κ1) is 10.2. The first-order valence-corrected chi connectivity index (χ1v) is 5.32. The van der Waals surface area contributed by atoms with E-state index in [1.807, 2.05) is 0 Å². The number of benzene rings is 1. The molecule has 17 heavy (non-hydrogen) atoms. The number of ketones is 1. The predicted octanol–water partition coefficient (Wildman–Crippen LogP) is 1.30. The molecular weight excluding hydrogens is 221 g/mol. The predicted molar refractivity (Wildman–Crippen MR) is 59.6 cm³/mol. The fourth-order valence-electron chi connectivity index (χ4n) is 1.89. The number of hydrogen-bond acceptors (Lipinski definition) is 3. The number of Topliss-reactive ketones (excluding diaryl/α,β-unsaturated/α-hetero) is 1. The van der Waals surface area contributed by atoms with Gasteiger partial charge < -0.3 is 5.32 Å². The number of halogens is 1. The van der Waals surface area contributed by atoms with E-state index in [-0.39, 0.29) is 11.6 Å². The monoisotopic (exact) mass is 231 g/mol. The Balaban J connectivity index is 2.05. The summed E-state index contributed by atoms with van der Waals surface area (Å²) in [6, 6.07) is 6.00. The van der Waals surface area contributed by atoms with E-state index in [1.54, 1.807) is 23.0 Å². The van der Waals surface area contributed by atoms with Crippen LogP contribution in [0.1, 0.15) is 16.1 Å². The number of carbonyl (C=O) groups is 1. The first-order chi connectivity index (χ1) is 8.24. The highest BCUT2D eigenvalue weighted by atomic mass is 19.1. The van der Waals surface area contributed by atoms with E-state index in [9.17, 15) is 9.18 Å². The van der Waals surface area contributed by atoms with Gasteiger partial charge >= 0.3 is 0 Å². The second-order valence-electron chi connectivity index (χ2n) is 3.94. The van der Waals surface area contributed by atoms with E-state index in [4.69, 9.17) is 0 Å². The lowest BCUT2D eigenvalue weighted by Crippen LogP contribution is -2.29. The van der Waals surface area contributed by atoms with Crippen molar-refractivity contribution < 1.29 is 9.18 Å². The van der Waals surface area contributed by atoms with Crippen LogP contribution in [0.2, 0.25) is 0 Å². The molecule has 1 aromatic carbocycles. The third-order valence-corrected chi connectivity index (χ3v) is 2.76. The van der Waals surface area contributed by atoms with Gasteiger partial charge in [-0.25, -0.2) is 9.07 Å². The number of rotatable bonds is 1. The van der Waals surface area contributed by atoms with Gasteiger partial charge in [-0.1, -0.05) is 0 Å².